The Bertz CT molecular complexity index is 1590. The van der Waals surface area contributed by atoms with Crippen LogP contribution in [0.15, 0.2) is 53.7 Å². The summed E-state index contributed by atoms with van der Waals surface area (Å²) in [5.74, 6) is -0.500. The Kier molecular flexibility index (Phi) is 5.20. The van der Waals surface area contributed by atoms with Gasteiger partial charge >= 0.3 is 0 Å². The lowest BCUT2D eigenvalue weighted by molar-refractivity contribution is 0.497. The quantitative estimate of drug-likeness (QED) is 0.391. The van der Waals surface area contributed by atoms with Crippen molar-refractivity contribution in [1.82, 2.24) is 19.2 Å². The number of piperazine rings is 1. The zero-order valence-electron chi connectivity index (χ0n) is 19.2. The van der Waals surface area contributed by atoms with Crippen LogP contribution in [0, 0.1) is 18.6 Å². The van der Waals surface area contributed by atoms with Gasteiger partial charge in [-0.2, -0.15) is 8.42 Å². The minimum Gasteiger partial charge on any atom is -0.345 e. The summed E-state index contributed by atoms with van der Waals surface area (Å²) < 4.78 is 56.4. The third kappa shape index (κ3) is 3.60. The first-order chi connectivity index (χ1) is 17.2. The molecule has 2 aromatic heterocycles. The Morgan fingerprint density at radius 2 is 1.69 bits per heavy atom. The molecule has 0 N–H and O–H groups in total. The van der Waals surface area contributed by atoms with Crippen LogP contribution < -0.4 is 9.80 Å². The fraction of sp³-hybridized carbons (Fsp3) is 0.292. The Hall–Kier alpha value is -3.31. The number of hydrogen-bond donors (Lipinski definition) is 0. The maximum absolute atomic E-state index is 15.2. The van der Waals surface area contributed by atoms with Crippen LogP contribution in [0.5, 0.6) is 0 Å². The molecular weight excluding hydrogens is 510 g/mol. The molecule has 36 heavy (non-hydrogen) atoms. The molecule has 1 spiro atoms. The fourth-order valence-corrected chi connectivity index (χ4v) is 6.34. The molecule has 4 aromatic rings. The Balaban J connectivity index is 1.46. The van der Waals surface area contributed by atoms with Crippen LogP contribution in [0.4, 0.5) is 20.5 Å². The summed E-state index contributed by atoms with van der Waals surface area (Å²) >= 11 is 6.53. The van der Waals surface area contributed by atoms with Gasteiger partial charge in [0.1, 0.15) is 5.52 Å². The van der Waals surface area contributed by atoms with E-state index in [1.54, 1.807) is 12.1 Å². The van der Waals surface area contributed by atoms with Gasteiger partial charge in [-0.05, 0) is 44.0 Å². The standard InChI is InChI=1S/C24H21ClF2N6O2S/c1-15-2-4-17(5-3-15)36(34,35)33-21-19(27)7-6-18(25)20(21)22(30-33)32-11-10-31(14-24(32)8-9-24)23-28-12-16(26)13-29-23/h2-7,12-13H,8-11,14H2,1H3. The van der Waals surface area contributed by atoms with Crippen molar-refractivity contribution >= 4 is 44.3 Å². The molecule has 6 rings (SSSR count). The lowest BCUT2D eigenvalue weighted by atomic mass is 10.1. The molecule has 12 heteroatoms. The van der Waals surface area contributed by atoms with E-state index >= 15 is 4.39 Å². The van der Waals surface area contributed by atoms with E-state index in [2.05, 4.69) is 15.1 Å². The molecule has 2 aliphatic rings. The summed E-state index contributed by atoms with van der Waals surface area (Å²) in [6.45, 7) is 3.32. The largest absolute Gasteiger partial charge is 0.345 e. The van der Waals surface area contributed by atoms with Crippen LogP contribution >= 0.6 is 11.6 Å². The molecule has 0 atom stereocenters. The van der Waals surface area contributed by atoms with Gasteiger partial charge in [0.25, 0.3) is 10.0 Å². The van der Waals surface area contributed by atoms with Crippen molar-refractivity contribution < 1.29 is 17.2 Å². The van der Waals surface area contributed by atoms with E-state index in [0.29, 0.717) is 31.4 Å². The second-order valence-corrected chi connectivity index (χ2v) is 11.4. The first-order valence-corrected chi connectivity index (χ1v) is 13.2. The molecule has 186 valence electrons. The zero-order valence-corrected chi connectivity index (χ0v) is 20.8. The number of hydrogen-bond acceptors (Lipinski definition) is 7. The summed E-state index contributed by atoms with van der Waals surface area (Å²) in [7, 11) is -4.20. The molecule has 0 radical (unpaired) electrons. The zero-order chi connectivity index (χ0) is 25.2. The van der Waals surface area contributed by atoms with E-state index in [9.17, 15) is 12.8 Å². The number of halogens is 3. The molecule has 1 saturated heterocycles. The van der Waals surface area contributed by atoms with Crippen LogP contribution in [0.3, 0.4) is 0 Å². The van der Waals surface area contributed by atoms with Gasteiger partial charge in [0, 0.05) is 19.6 Å². The summed E-state index contributed by atoms with van der Waals surface area (Å²) in [4.78, 5) is 12.2. The van der Waals surface area contributed by atoms with Gasteiger partial charge in [-0.25, -0.2) is 18.7 Å². The highest BCUT2D eigenvalue weighted by Crippen LogP contribution is 2.49. The molecule has 1 aliphatic heterocycles. The van der Waals surface area contributed by atoms with Crippen molar-refractivity contribution in [1.29, 1.82) is 0 Å². The molecule has 0 bridgehead atoms. The molecule has 3 heterocycles. The summed E-state index contributed by atoms with van der Waals surface area (Å²) in [5.41, 5.74) is 0.344. The maximum Gasteiger partial charge on any atom is 0.283 e. The number of benzene rings is 2. The fourth-order valence-electron chi connectivity index (χ4n) is 4.82. The van der Waals surface area contributed by atoms with Crippen LogP contribution in [0.25, 0.3) is 10.9 Å². The highest BCUT2D eigenvalue weighted by molar-refractivity contribution is 7.90. The lowest BCUT2D eigenvalue weighted by Gasteiger charge is -2.42. The van der Waals surface area contributed by atoms with Gasteiger partial charge in [0.2, 0.25) is 5.95 Å². The van der Waals surface area contributed by atoms with Crippen LogP contribution in [-0.4, -0.2) is 52.7 Å². The average molecular weight is 531 g/mol. The Labute approximate surface area is 211 Å². The summed E-state index contributed by atoms with van der Waals surface area (Å²) in [5, 5.41) is 4.95. The van der Waals surface area contributed by atoms with Crippen molar-refractivity contribution in [3.05, 3.63) is 71.0 Å². The van der Waals surface area contributed by atoms with Crippen LogP contribution in [0.1, 0.15) is 18.4 Å². The molecule has 2 aromatic carbocycles. The SMILES string of the molecule is Cc1ccc(S(=O)(=O)n2nc(N3CCN(c4ncc(F)cn4)CC34CC4)c3c(Cl)ccc(F)c32)cc1. The van der Waals surface area contributed by atoms with Gasteiger partial charge in [-0.15, -0.1) is 9.19 Å². The van der Waals surface area contributed by atoms with Crippen LogP contribution in [0.2, 0.25) is 5.02 Å². The Morgan fingerprint density at radius 1 is 1.00 bits per heavy atom. The summed E-state index contributed by atoms with van der Waals surface area (Å²) in [6, 6.07) is 8.87. The molecule has 1 saturated carbocycles. The molecular formula is C24H21ClF2N6O2S. The predicted octanol–water partition coefficient (Wildman–Crippen LogP) is 4.16. The number of rotatable bonds is 4. The third-order valence-electron chi connectivity index (χ3n) is 6.85. The maximum atomic E-state index is 15.2. The minimum atomic E-state index is -4.20. The van der Waals surface area contributed by atoms with E-state index in [1.807, 2.05) is 16.7 Å². The predicted molar refractivity (Wildman–Crippen MR) is 132 cm³/mol. The highest BCUT2D eigenvalue weighted by atomic mass is 35.5. The van der Waals surface area contributed by atoms with E-state index in [0.717, 1.165) is 41.0 Å². The Morgan fingerprint density at radius 3 is 2.36 bits per heavy atom. The summed E-state index contributed by atoms with van der Waals surface area (Å²) in [6.07, 6.45) is 3.89. The van der Waals surface area contributed by atoms with Crippen molar-refractivity contribution in [2.45, 2.75) is 30.2 Å². The van der Waals surface area contributed by atoms with Crippen molar-refractivity contribution in [3.8, 4) is 0 Å². The van der Waals surface area contributed by atoms with Crippen molar-refractivity contribution in [2.75, 3.05) is 29.4 Å². The van der Waals surface area contributed by atoms with Gasteiger partial charge < -0.3 is 9.80 Å². The van der Waals surface area contributed by atoms with Crippen molar-refractivity contribution in [3.63, 3.8) is 0 Å². The second-order valence-electron chi connectivity index (χ2n) is 9.24. The third-order valence-corrected chi connectivity index (χ3v) is 8.75. The average Bonchev–Trinajstić information content (AvgIpc) is 3.48. The lowest BCUT2D eigenvalue weighted by Crippen LogP contribution is -2.56. The van der Waals surface area contributed by atoms with E-state index in [-0.39, 0.29) is 26.4 Å². The van der Waals surface area contributed by atoms with Gasteiger partial charge in [-0.1, -0.05) is 29.3 Å². The first-order valence-electron chi connectivity index (χ1n) is 11.4. The molecule has 1 aliphatic carbocycles. The van der Waals surface area contributed by atoms with Gasteiger partial charge in [-0.3, -0.25) is 0 Å². The number of fused-ring (bicyclic) bond motifs is 1. The van der Waals surface area contributed by atoms with E-state index < -0.39 is 21.7 Å². The number of aromatic nitrogens is 4. The van der Waals surface area contributed by atoms with Crippen molar-refractivity contribution in [2.24, 2.45) is 0 Å². The smallest absolute Gasteiger partial charge is 0.283 e. The first kappa shape index (κ1) is 23.1. The van der Waals surface area contributed by atoms with E-state index in [4.69, 9.17) is 11.6 Å². The van der Waals surface area contributed by atoms with Crippen LogP contribution in [-0.2, 0) is 10.0 Å². The number of anilines is 2. The monoisotopic (exact) mass is 530 g/mol. The molecule has 2 fully saturated rings. The van der Waals surface area contributed by atoms with Gasteiger partial charge in [0.15, 0.2) is 17.5 Å². The number of aryl methyl sites for hydroxylation is 1. The van der Waals surface area contributed by atoms with E-state index in [1.165, 1.54) is 18.2 Å². The highest BCUT2D eigenvalue weighted by Gasteiger charge is 2.53. The molecule has 0 unspecified atom stereocenters. The second kappa shape index (κ2) is 8.10. The van der Waals surface area contributed by atoms with Gasteiger partial charge in [0.05, 0.1) is 33.2 Å². The molecule has 0 amide bonds. The minimum absolute atomic E-state index is 0.00263. The number of nitrogens with zero attached hydrogens (tertiary/aromatic N) is 6. The molecule has 8 nitrogen and oxygen atoms in total. The normalized spacial score (nSPS) is 17.2. The topological polar surface area (TPSA) is 84.2 Å².